The molecule has 6 rings (SSSR count). The summed E-state index contributed by atoms with van der Waals surface area (Å²) in [6, 6.07) is 9.63. The number of nitrogens with zero attached hydrogens (tertiary/aromatic N) is 4. The van der Waals surface area contributed by atoms with Gasteiger partial charge in [0.2, 0.25) is 5.91 Å². The molecule has 1 aromatic heterocycles. The second-order valence-electron chi connectivity index (χ2n) is 8.65. The van der Waals surface area contributed by atoms with Crippen molar-refractivity contribution in [1.29, 1.82) is 0 Å². The molecule has 4 saturated carbocycles. The zero-order valence-electron chi connectivity index (χ0n) is 15.4. The Kier molecular flexibility index (Phi) is 3.91. The predicted molar refractivity (Wildman–Crippen MR) is 97.9 cm³/mol. The average Bonchev–Trinajstić information content (AvgIpc) is 3.16. The second kappa shape index (κ2) is 6.32. The summed E-state index contributed by atoms with van der Waals surface area (Å²) in [4.78, 5) is 14.5. The highest BCUT2D eigenvalue weighted by atomic mass is 16.5. The molecule has 4 fully saturated rings. The van der Waals surface area contributed by atoms with Crippen molar-refractivity contribution < 1.29 is 9.53 Å². The van der Waals surface area contributed by atoms with E-state index in [1.165, 1.54) is 12.7 Å². The van der Waals surface area contributed by atoms with E-state index < -0.39 is 0 Å². The lowest BCUT2D eigenvalue weighted by Crippen LogP contribution is -2.66. The van der Waals surface area contributed by atoms with E-state index in [2.05, 4.69) is 20.7 Å². The summed E-state index contributed by atoms with van der Waals surface area (Å²) in [5.41, 5.74) is -0.198. The number of para-hydroxylation sites is 1. The van der Waals surface area contributed by atoms with E-state index in [9.17, 15) is 4.79 Å². The van der Waals surface area contributed by atoms with Crippen LogP contribution < -0.4 is 10.1 Å². The van der Waals surface area contributed by atoms with Crippen LogP contribution >= 0.6 is 0 Å². The minimum atomic E-state index is -0.123. The quantitative estimate of drug-likeness (QED) is 0.847. The van der Waals surface area contributed by atoms with Crippen molar-refractivity contribution in [3.8, 4) is 5.75 Å². The van der Waals surface area contributed by atoms with Gasteiger partial charge in [-0.25, -0.2) is 0 Å². The maximum atomic E-state index is 12.7. The van der Waals surface area contributed by atoms with Crippen LogP contribution in [0, 0.1) is 11.8 Å². The Balaban J connectivity index is 1.25. The molecular weight excluding hydrogens is 342 g/mol. The van der Waals surface area contributed by atoms with E-state index in [1.54, 1.807) is 0 Å². The number of benzene rings is 1. The molecule has 4 bridgehead atoms. The molecule has 7 heteroatoms. The number of nitrogens with one attached hydrogen (secondary N) is 1. The van der Waals surface area contributed by atoms with Crippen LogP contribution in [-0.2, 0) is 10.3 Å². The Hall–Kier alpha value is -2.44. The summed E-state index contributed by atoms with van der Waals surface area (Å²) >= 11 is 0. The Labute approximate surface area is 158 Å². The normalized spacial score (nSPS) is 33.8. The SMILES string of the molecule is O=C(CCOc1ccccc1)NC12CC3CC(C1)CC(n1ncnn1)(C3)C2. The molecule has 2 unspecified atom stereocenters. The third-order valence-corrected chi connectivity index (χ3v) is 6.55. The molecule has 1 N–H and O–H groups in total. The van der Waals surface area contributed by atoms with Gasteiger partial charge in [-0.05, 0) is 67.7 Å². The number of hydrogen-bond acceptors (Lipinski definition) is 5. The molecule has 1 amide bonds. The first-order chi connectivity index (χ1) is 13.1. The molecule has 4 aliphatic carbocycles. The fourth-order valence-electron chi connectivity index (χ4n) is 6.12. The highest BCUT2D eigenvalue weighted by Gasteiger charge is 2.60. The van der Waals surface area contributed by atoms with Crippen LogP contribution in [0.4, 0.5) is 0 Å². The standard InChI is InChI=1S/C20H25N5O2/c26-18(6-7-27-17-4-2-1-3-5-17)23-19-9-15-8-16(10-19)12-20(11-15,13-19)25-22-14-21-24-25/h1-5,14-16H,6-13H2,(H,23,26). The Bertz CT molecular complexity index is 793. The highest BCUT2D eigenvalue weighted by Crippen LogP contribution is 2.60. The van der Waals surface area contributed by atoms with Crippen molar-refractivity contribution >= 4 is 5.91 Å². The molecule has 1 aromatic carbocycles. The van der Waals surface area contributed by atoms with Crippen LogP contribution in [0.1, 0.15) is 44.9 Å². The van der Waals surface area contributed by atoms with Gasteiger partial charge < -0.3 is 10.1 Å². The zero-order chi connectivity index (χ0) is 18.3. The predicted octanol–water partition coefficient (Wildman–Crippen LogP) is 2.31. The molecule has 2 atom stereocenters. The Morgan fingerprint density at radius 1 is 1.19 bits per heavy atom. The van der Waals surface area contributed by atoms with Crippen molar-refractivity contribution in [2.75, 3.05) is 6.61 Å². The minimum absolute atomic E-state index is 0.0750. The topological polar surface area (TPSA) is 81.9 Å². The highest BCUT2D eigenvalue weighted by molar-refractivity contribution is 5.77. The van der Waals surface area contributed by atoms with Crippen molar-refractivity contribution in [3.05, 3.63) is 36.7 Å². The van der Waals surface area contributed by atoms with Gasteiger partial charge in [-0.15, -0.1) is 10.2 Å². The van der Waals surface area contributed by atoms with Gasteiger partial charge in [0.1, 0.15) is 5.75 Å². The first kappa shape index (κ1) is 16.7. The molecule has 0 saturated heterocycles. The van der Waals surface area contributed by atoms with Gasteiger partial charge >= 0.3 is 0 Å². The lowest BCUT2D eigenvalue weighted by atomic mass is 9.50. The van der Waals surface area contributed by atoms with Gasteiger partial charge in [0.15, 0.2) is 6.33 Å². The molecule has 0 radical (unpaired) electrons. The number of ether oxygens (including phenoxy) is 1. The Morgan fingerprint density at radius 3 is 2.67 bits per heavy atom. The van der Waals surface area contributed by atoms with Crippen molar-refractivity contribution in [2.45, 2.75) is 56.0 Å². The number of tetrazole rings is 1. The number of rotatable bonds is 6. The van der Waals surface area contributed by atoms with Gasteiger partial charge in [0.05, 0.1) is 18.6 Å². The minimum Gasteiger partial charge on any atom is -0.493 e. The summed E-state index contributed by atoms with van der Waals surface area (Å²) in [7, 11) is 0. The number of carbonyl (C=O) groups is 1. The maximum Gasteiger partial charge on any atom is 0.223 e. The van der Waals surface area contributed by atoms with Crippen LogP contribution in [-0.4, -0.2) is 38.3 Å². The summed E-state index contributed by atoms with van der Waals surface area (Å²) < 4.78 is 5.68. The molecule has 0 aliphatic heterocycles. The van der Waals surface area contributed by atoms with Crippen LogP contribution in [0.2, 0.25) is 0 Å². The van der Waals surface area contributed by atoms with Gasteiger partial charge in [0, 0.05) is 5.54 Å². The third kappa shape index (κ3) is 3.09. The van der Waals surface area contributed by atoms with E-state index in [4.69, 9.17) is 4.74 Å². The van der Waals surface area contributed by atoms with Crippen LogP contribution in [0.3, 0.4) is 0 Å². The molecule has 7 nitrogen and oxygen atoms in total. The molecule has 27 heavy (non-hydrogen) atoms. The van der Waals surface area contributed by atoms with Gasteiger partial charge in [-0.2, -0.15) is 4.80 Å². The van der Waals surface area contributed by atoms with Crippen LogP contribution in [0.5, 0.6) is 5.75 Å². The fourth-order valence-corrected chi connectivity index (χ4v) is 6.12. The second-order valence-corrected chi connectivity index (χ2v) is 8.65. The van der Waals surface area contributed by atoms with Gasteiger partial charge in [0.25, 0.3) is 0 Å². The van der Waals surface area contributed by atoms with E-state index >= 15 is 0 Å². The fraction of sp³-hybridized carbons (Fsp3) is 0.600. The first-order valence-electron chi connectivity index (χ1n) is 9.87. The molecule has 1 heterocycles. The number of aromatic nitrogens is 4. The van der Waals surface area contributed by atoms with Crippen molar-refractivity contribution in [1.82, 2.24) is 25.5 Å². The van der Waals surface area contributed by atoms with E-state index in [0.29, 0.717) is 24.9 Å². The molecule has 142 valence electrons. The number of hydrogen-bond donors (Lipinski definition) is 1. The average molecular weight is 367 g/mol. The van der Waals surface area contributed by atoms with E-state index in [-0.39, 0.29) is 17.0 Å². The molecule has 2 aromatic rings. The van der Waals surface area contributed by atoms with E-state index in [1.807, 2.05) is 35.1 Å². The summed E-state index contributed by atoms with van der Waals surface area (Å²) in [6.07, 6.45) is 8.44. The van der Waals surface area contributed by atoms with Crippen LogP contribution in [0.25, 0.3) is 0 Å². The maximum absolute atomic E-state index is 12.7. The summed E-state index contributed by atoms with van der Waals surface area (Å²) in [5, 5.41) is 15.9. The van der Waals surface area contributed by atoms with Crippen LogP contribution in [0.15, 0.2) is 36.7 Å². The summed E-state index contributed by atoms with van der Waals surface area (Å²) in [5.74, 6) is 2.15. The van der Waals surface area contributed by atoms with Gasteiger partial charge in [-0.1, -0.05) is 18.2 Å². The Morgan fingerprint density at radius 2 is 1.96 bits per heavy atom. The lowest BCUT2D eigenvalue weighted by molar-refractivity contribution is -0.131. The largest absolute Gasteiger partial charge is 0.493 e. The first-order valence-corrected chi connectivity index (χ1v) is 9.87. The zero-order valence-corrected chi connectivity index (χ0v) is 15.4. The monoisotopic (exact) mass is 367 g/mol. The number of amides is 1. The lowest BCUT2D eigenvalue weighted by Gasteiger charge is -2.61. The summed E-state index contributed by atoms with van der Waals surface area (Å²) in [6.45, 7) is 0.397. The number of carbonyl (C=O) groups excluding carboxylic acids is 1. The third-order valence-electron chi connectivity index (χ3n) is 6.55. The molecular formula is C20H25N5O2. The molecule has 4 aliphatic rings. The van der Waals surface area contributed by atoms with E-state index in [0.717, 1.165) is 37.9 Å². The molecule has 0 spiro atoms. The van der Waals surface area contributed by atoms with Crippen molar-refractivity contribution in [3.63, 3.8) is 0 Å². The van der Waals surface area contributed by atoms with Crippen molar-refractivity contribution in [2.24, 2.45) is 11.8 Å². The van der Waals surface area contributed by atoms with Gasteiger partial charge in [-0.3, -0.25) is 4.79 Å². The smallest absolute Gasteiger partial charge is 0.223 e.